The van der Waals surface area contributed by atoms with Gasteiger partial charge in [0.15, 0.2) is 0 Å². The average molecular weight is 383 g/mol. The van der Waals surface area contributed by atoms with Gasteiger partial charge in [-0.15, -0.1) is 0 Å². The van der Waals surface area contributed by atoms with Crippen LogP contribution < -0.4 is 14.1 Å². The van der Waals surface area contributed by atoms with E-state index in [1.54, 1.807) is 24.7 Å². The van der Waals surface area contributed by atoms with Crippen LogP contribution in [-0.2, 0) is 0 Å². The van der Waals surface area contributed by atoms with E-state index < -0.39 is 0 Å². The molecule has 0 saturated carbocycles. The second kappa shape index (κ2) is 4.05. The third kappa shape index (κ3) is 2.10. The Morgan fingerprint density at radius 2 is 2.07 bits per heavy atom. The van der Waals surface area contributed by atoms with Crippen molar-refractivity contribution in [3.8, 4) is 0 Å². The average Bonchev–Trinajstić information content (AvgIpc) is 2.19. The predicted octanol–water partition coefficient (Wildman–Crippen LogP) is 0.0490. The minimum absolute atomic E-state index is 0.758. The molecule has 0 atom stereocenters. The first-order valence-corrected chi connectivity index (χ1v) is 5.62. The van der Waals surface area contributed by atoms with Gasteiger partial charge >= 0.3 is 97.5 Å². The van der Waals surface area contributed by atoms with Crippen LogP contribution in [0.3, 0.4) is 0 Å². The number of nitrogens with one attached hydrogen (secondary N) is 2. The summed E-state index contributed by atoms with van der Waals surface area (Å²) in [5.74, 6) is 1.53. The van der Waals surface area contributed by atoms with Crippen molar-refractivity contribution in [2.24, 2.45) is 10.2 Å². The van der Waals surface area contributed by atoms with Crippen LogP contribution in [0.2, 0.25) is 0 Å². The molecule has 0 bridgehead atoms. The fourth-order valence-electron chi connectivity index (χ4n) is 1.09. The van der Waals surface area contributed by atoms with Crippen molar-refractivity contribution >= 4 is 14.9 Å². The van der Waals surface area contributed by atoms with Gasteiger partial charge in [0.25, 0.3) is 0 Å². The normalized spacial score (nSPS) is 15.0. The van der Waals surface area contributed by atoms with Gasteiger partial charge in [-0.05, 0) is 0 Å². The molecular weight excluding hydrogens is 374 g/mol. The van der Waals surface area contributed by atoms with E-state index in [0.717, 1.165) is 17.2 Å². The molecule has 0 amide bonds. The quantitative estimate of drug-likeness (QED) is 0.720. The molecule has 72 valence electrons. The molecular formula is C9H9AtN4. The zero-order valence-corrected chi connectivity index (χ0v) is 10.5. The Morgan fingerprint density at radius 1 is 1.21 bits per heavy atom. The Balaban J connectivity index is 2.25. The molecule has 0 saturated heterocycles. The van der Waals surface area contributed by atoms with E-state index in [1.165, 1.54) is 3.27 Å². The number of nitrogens with zero attached hydrogens (tertiary/aromatic N) is 2. The summed E-state index contributed by atoms with van der Waals surface area (Å²) in [5, 5.41) is 8.20. The van der Waals surface area contributed by atoms with Crippen LogP contribution in [-0.4, -0.2) is 11.7 Å². The van der Waals surface area contributed by atoms with Crippen LogP contribution >= 0.6 is 0 Å². The molecule has 4 nitrogen and oxygen atoms in total. The third-order valence-electron chi connectivity index (χ3n) is 1.76. The van der Waals surface area contributed by atoms with Gasteiger partial charge in [-0.3, -0.25) is 0 Å². The third-order valence-corrected chi connectivity index (χ3v) is 2.67. The number of rotatable bonds is 1. The Labute approximate surface area is 97.3 Å². The summed E-state index contributed by atoms with van der Waals surface area (Å²) in [6, 6.07) is 8.18. The number of benzene rings is 1. The number of hydrogen-bond donors (Lipinski definition) is 2. The van der Waals surface area contributed by atoms with Gasteiger partial charge in [-0.2, -0.15) is 0 Å². The fraction of sp³-hybridized carbons (Fsp3) is 0.111. The van der Waals surface area contributed by atoms with Crippen molar-refractivity contribution in [1.82, 2.24) is 10.9 Å². The van der Waals surface area contributed by atoms with Crippen LogP contribution in [0.4, 0.5) is 0 Å². The number of hydrogen-bond acceptors (Lipinski definition) is 4. The monoisotopic (exact) mass is 383 g/mol. The molecule has 1 heterocycles. The Kier molecular flexibility index (Phi) is 2.77. The fourth-order valence-corrected chi connectivity index (χ4v) is 1.83. The van der Waals surface area contributed by atoms with Crippen LogP contribution in [0.15, 0.2) is 34.5 Å². The first-order valence-electron chi connectivity index (χ1n) is 4.15. The molecule has 1 aliphatic heterocycles. The summed E-state index contributed by atoms with van der Waals surface area (Å²) in [7, 11) is 0. The molecule has 0 unspecified atom stereocenters. The van der Waals surface area contributed by atoms with Crippen LogP contribution in [0.1, 0.15) is 12.5 Å². The minimum atomic E-state index is 0.758. The van der Waals surface area contributed by atoms with Crippen molar-refractivity contribution in [3.63, 3.8) is 0 Å². The van der Waals surface area contributed by atoms with Crippen LogP contribution in [0, 0.1) is 24.7 Å². The van der Waals surface area contributed by atoms with Gasteiger partial charge in [0.2, 0.25) is 0 Å². The molecule has 1 aromatic carbocycles. The second-order valence-electron chi connectivity index (χ2n) is 2.89. The Hall–Kier alpha value is -0.957. The van der Waals surface area contributed by atoms with Crippen LogP contribution in [0.25, 0.3) is 0 Å². The van der Waals surface area contributed by atoms with Crippen molar-refractivity contribution in [3.05, 3.63) is 29.8 Å². The summed E-state index contributed by atoms with van der Waals surface area (Å²) in [5.41, 5.74) is 6.77. The molecule has 1 aliphatic rings. The van der Waals surface area contributed by atoms with Gasteiger partial charge in [-0.25, -0.2) is 0 Å². The summed E-state index contributed by atoms with van der Waals surface area (Å²) < 4.78 is 1.26. The summed E-state index contributed by atoms with van der Waals surface area (Å²) in [4.78, 5) is 0. The van der Waals surface area contributed by atoms with E-state index in [0.29, 0.717) is 0 Å². The van der Waals surface area contributed by atoms with Gasteiger partial charge in [-0.1, -0.05) is 0 Å². The van der Waals surface area contributed by atoms with E-state index in [1.807, 2.05) is 19.1 Å². The van der Waals surface area contributed by atoms with Crippen LogP contribution in [0.5, 0.6) is 0 Å². The van der Waals surface area contributed by atoms with Crippen molar-refractivity contribution < 1.29 is 24.7 Å². The maximum absolute atomic E-state index is 4.15. The second-order valence-corrected chi connectivity index (χ2v) is 4.59. The maximum atomic E-state index is 4.15. The summed E-state index contributed by atoms with van der Waals surface area (Å²) in [6.45, 7) is 1.85. The Morgan fingerprint density at radius 3 is 2.71 bits per heavy atom. The molecule has 0 radical (unpaired) electrons. The predicted molar refractivity (Wildman–Crippen MR) is 52.0 cm³/mol. The first-order chi connectivity index (χ1) is 6.75. The summed E-state index contributed by atoms with van der Waals surface area (Å²) >= 11 is 1.65. The van der Waals surface area contributed by atoms with Crippen molar-refractivity contribution in [2.75, 3.05) is 0 Å². The standard InChI is InChI=1S/C9H9AtN4/c1-6-11-13-9(14-12-6)7-3-2-4-8(10)5-7/h2-5H,1H3,(H,11,12)(H,13,14). The van der Waals surface area contributed by atoms with Gasteiger partial charge in [0.05, 0.1) is 0 Å². The molecule has 0 fully saturated rings. The molecule has 5 heteroatoms. The molecule has 2 N–H and O–H groups in total. The molecule has 0 aliphatic carbocycles. The molecule has 1 aromatic rings. The number of hydrazone groups is 2. The van der Waals surface area contributed by atoms with E-state index in [-0.39, 0.29) is 0 Å². The van der Waals surface area contributed by atoms with Gasteiger partial charge in [0, 0.05) is 0 Å². The van der Waals surface area contributed by atoms with E-state index >= 15 is 0 Å². The zero-order valence-electron chi connectivity index (χ0n) is 7.58. The molecule has 2 rings (SSSR count). The molecule has 0 spiro atoms. The zero-order chi connectivity index (χ0) is 9.97. The van der Waals surface area contributed by atoms with Crippen molar-refractivity contribution in [2.45, 2.75) is 6.92 Å². The van der Waals surface area contributed by atoms with Gasteiger partial charge < -0.3 is 0 Å². The van der Waals surface area contributed by atoms with E-state index in [4.69, 9.17) is 0 Å². The first kappa shape index (κ1) is 9.59. The van der Waals surface area contributed by atoms with Gasteiger partial charge in [0.1, 0.15) is 0 Å². The summed E-state index contributed by atoms with van der Waals surface area (Å²) in [6.07, 6.45) is 0. The van der Waals surface area contributed by atoms with E-state index in [9.17, 15) is 0 Å². The molecule has 14 heavy (non-hydrogen) atoms. The SMILES string of the molecule is CC1=NNC(c2cccc([At])c2)=NN1. The number of amidine groups is 2. The van der Waals surface area contributed by atoms with Crippen molar-refractivity contribution in [1.29, 1.82) is 0 Å². The van der Waals surface area contributed by atoms with E-state index in [2.05, 4.69) is 33.2 Å². The molecule has 0 aromatic heterocycles. The topological polar surface area (TPSA) is 48.8 Å². The Bertz CT molecular complexity index is 411.